The molecule has 4 nitrogen and oxygen atoms in total. The molecule has 0 atom stereocenters. The van der Waals surface area contributed by atoms with Crippen LogP contribution in [0.25, 0.3) is 0 Å². The molecular formula is C19H20N2O2S. The minimum Gasteiger partial charge on any atom is -0.468 e. The Morgan fingerprint density at radius 1 is 1.04 bits per heavy atom. The zero-order valence-electron chi connectivity index (χ0n) is 13.6. The predicted octanol–water partition coefficient (Wildman–Crippen LogP) is 4.01. The van der Waals surface area contributed by atoms with Gasteiger partial charge in [0.1, 0.15) is 5.76 Å². The molecule has 0 N–H and O–H groups in total. The van der Waals surface area contributed by atoms with Crippen molar-refractivity contribution >= 4 is 22.9 Å². The maximum absolute atomic E-state index is 12.7. The van der Waals surface area contributed by atoms with Crippen molar-refractivity contribution in [2.75, 3.05) is 18.5 Å². The van der Waals surface area contributed by atoms with E-state index in [0.29, 0.717) is 13.1 Å². The Hall–Kier alpha value is -2.37. The highest BCUT2D eigenvalue weighted by atomic mass is 32.1. The van der Waals surface area contributed by atoms with Crippen molar-refractivity contribution in [2.24, 2.45) is 0 Å². The second-order valence-corrected chi connectivity index (χ2v) is 6.62. The fraction of sp³-hybridized carbons (Fsp3) is 0.211. The molecule has 0 fully saturated rings. The van der Waals surface area contributed by atoms with Crippen molar-refractivity contribution in [3.8, 4) is 0 Å². The molecule has 0 bridgehead atoms. The molecule has 1 aromatic carbocycles. The molecule has 5 heteroatoms. The fourth-order valence-electron chi connectivity index (χ4n) is 2.51. The van der Waals surface area contributed by atoms with Gasteiger partial charge in [0.25, 0.3) is 0 Å². The number of nitrogens with zero attached hydrogens (tertiary/aromatic N) is 2. The Morgan fingerprint density at radius 2 is 1.88 bits per heavy atom. The van der Waals surface area contributed by atoms with Gasteiger partial charge < -0.3 is 9.32 Å². The van der Waals surface area contributed by atoms with Crippen molar-refractivity contribution < 1.29 is 9.21 Å². The maximum Gasteiger partial charge on any atom is 0.240 e. The monoisotopic (exact) mass is 340 g/mol. The first-order valence-corrected chi connectivity index (χ1v) is 8.69. The number of furan rings is 1. The molecule has 2 aromatic heterocycles. The second kappa shape index (κ2) is 7.95. The highest BCUT2D eigenvalue weighted by molar-refractivity contribution is 7.09. The first-order chi connectivity index (χ1) is 11.7. The van der Waals surface area contributed by atoms with Gasteiger partial charge in [-0.05, 0) is 35.7 Å². The Balaban J connectivity index is 1.69. The SMILES string of the molecule is CN(C(=O)CN(Cc1ccco1)Cc1cccs1)c1ccccc1. The third-order valence-electron chi connectivity index (χ3n) is 3.80. The van der Waals surface area contributed by atoms with E-state index in [1.54, 1.807) is 22.5 Å². The van der Waals surface area contributed by atoms with Crippen molar-refractivity contribution in [1.29, 1.82) is 0 Å². The molecular weight excluding hydrogens is 320 g/mol. The zero-order valence-corrected chi connectivity index (χ0v) is 14.4. The number of para-hydroxylation sites is 1. The normalized spacial score (nSPS) is 10.9. The lowest BCUT2D eigenvalue weighted by Gasteiger charge is -2.24. The van der Waals surface area contributed by atoms with Crippen LogP contribution in [0, 0.1) is 0 Å². The van der Waals surface area contributed by atoms with Crippen LogP contribution in [-0.2, 0) is 17.9 Å². The first-order valence-electron chi connectivity index (χ1n) is 7.81. The van der Waals surface area contributed by atoms with E-state index < -0.39 is 0 Å². The summed E-state index contributed by atoms with van der Waals surface area (Å²) in [5, 5.41) is 2.05. The molecule has 0 unspecified atom stereocenters. The van der Waals surface area contributed by atoms with E-state index in [-0.39, 0.29) is 5.91 Å². The number of carbonyl (C=O) groups excluding carboxylic acids is 1. The first kappa shape index (κ1) is 16.5. The molecule has 0 saturated carbocycles. The van der Waals surface area contributed by atoms with Crippen LogP contribution in [0.15, 0.2) is 70.7 Å². The summed E-state index contributed by atoms with van der Waals surface area (Å²) in [4.78, 5) is 17.7. The molecule has 3 aromatic rings. The average Bonchev–Trinajstić information content (AvgIpc) is 3.29. The van der Waals surface area contributed by atoms with Crippen LogP contribution in [0.1, 0.15) is 10.6 Å². The van der Waals surface area contributed by atoms with Gasteiger partial charge in [0.15, 0.2) is 0 Å². The Morgan fingerprint density at radius 3 is 2.54 bits per heavy atom. The van der Waals surface area contributed by atoms with Crippen molar-refractivity contribution in [3.63, 3.8) is 0 Å². The quantitative estimate of drug-likeness (QED) is 0.652. The van der Waals surface area contributed by atoms with Crippen LogP contribution in [-0.4, -0.2) is 24.4 Å². The summed E-state index contributed by atoms with van der Waals surface area (Å²) in [5.74, 6) is 0.922. The molecule has 0 aliphatic carbocycles. The summed E-state index contributed by atoms with van der Waals surface area (Å²) < 4.78 is 5.45. The van der Waals surface area contributed by atoms with E-state index in [4.69, 9.17) is 4.42 Å². The third kappa shape index (κ3) is 4.34. The number of amides is 1. The maximum atomic E-state index is 12.7. The fourth-order valence-corrected chi connectivity index (χ4v) is 3.25. The van der Waals surface area contributed by atoms with Crippen LogP contribution in [0.3, 0.4) is 0 Å². The summed E-state index contributed by atoms with van der Waals surface area (Å²) in [6.45, 7) is 1.68. The van der Waals surface area contributed by atoms with Crippen molar-refractivity contribution in [1.82, 2.24) is 4.90 Å². The Kier molecular flexibility index (Phi) is 5.46. The minimum atomic E-state index is 0.0595. The second-order valence-electron chi connectivity index (χ2n) is 5.59. The van der Waals surface area contributed by atoms with Gasteiger partial charge in [0, 0.05) is 24.2 Å². The lowest BCUT2D eigenvalue weighted by atomic mass is 10.3. The van der Waals surface area contributed by atoms with Gasteiger partial charge in [0.05, 0.1) is 19.4 Å². The van der Waals surface area contributed by atoms with Gasteiger partial charge in [-0.1, -0.05) is 24.3 Å². The van der Waals surface area contributed by atoms with Gasteiger partial charge in [-0.2, -0.15) is 0 Å². The van der Waals surface area contributed by atoms with Gasteiger partial charge in [0.2, 0.25) is 5.91 Å². The Labute approximate surface area is 145 Å². The van der Waals surface area contributed by atoms with Crippen LogP contribution in [0.5, 0.6) is 0 Å². The van der Waals surface area contributed by atoms with Crippen molar-refractivity contribution in [3.05, 3.63) is 76.9 Å². The van der Waals surface area contributed by atoms with E-state index in [9.17, 15) is 4.79 Å². The molecule has 2 heterocycles. The summed E-state index contributed by atoms with van der Waals surface area (Å²) in [5.41, 5.74) is 0.900. The lowest BCUT2D eigenvalue weighted by Crippen LogP contribution is -2.37. The zero-order chi connectivity index (χ0) is 16.8. The predicted molar refractivity (Wildman–Crippen MR) is 97.0 cm³/mol. The topological polar surface area (TPSA) is 36.7 Å². The molecule has 0 radical (unpaired) electrons. The minimum absolute atomic E-state index is 0.0595. The molecule has 24 heavy (non-hydrogen) atoms. The van der Waals surface area contributed by atoms with Crippen LogP contribution >= 0.6 is 11.3 Å². The van der Waals surface area contributed by atoms with E-state index in [1.165, 1.54) is 4.88 Å². The number of carbonyl (C=O) groups is 1. The van der Waals surface area contributed by atoms with Gasteiger partial charge in [-0.25, -0.2) is 0 Å². The molecule has 0 saturated heterocycles. The van der Waals surface area contributed by atoms with Crippen molar-refractivity contribution in [2.45, 2.75) is 13.1 Å². The number of benzene rings is 1. The standard InChI is InChI=1S/C19H20N2O2S/c1-20(16-7-3-2-4-8-16)19(22)15-21(13-17-9-5-11-23-17)14-18-10-6-12-24-18/h2-12H,13-15H2,1H3. The molecule has 0 aliphatic rings. The van der Waals surface area contributed by atoms with Crippen LogP contribution < -0.4 is 4.90 Å². The van der Waals surface area contributed by atoms with Gasteiger partial charge in [-0.3, -0.25) is 9.69 Å². The number of hydrogen-bond acceptors (Lipinski definition) is 4. The van der Waals surface area contributed by atoms with E-state index in [2.05, 4.69) is 16.3 Å². The number of rotatable bonds is 7. The highest BCUT2D eigenvalue weighted by Crippen LogP contribution is 2.16. The summed E-state index contributed by atoms with van der Waals surface area (Å²) in [6.07, 6.45) is 1.66. The molecule has 3 rings (SSSR count). The van der Waals surface area contributed by atoms with E-state index in [0.717, 1.165) is 18.0 Å². The number of anilines is 1. The molecule has 0 aliphatic heterocycles. The molecule has 1 amide bonds. The molecule has 124 valence electrons. The highest BCUT2D eigenvalue weighted by Gasteiger charge is 2.17. The van der Waals surface area contributed by atoms with Gasteiger partial charge in [-0.15, -0.1) is 11.3 Å². The molecule has 0 spiro atoms. The third-order valence-corrected chi connectivity index (χ3v) is 4.66. The number of thiophene rings is 1. The largest absolute Gasteiger partial charge is 0.468 e. The van der Waals surface area contributed by atoms with Crippen LogP contribution in [0.2, 0.25) is 0 Å². The van der Waals surface area contributed by atoms with Crippen LogP contribution in [0.4, 0.5) is 5.69 Å². The number of likely N-dealkylation sites (N-methyl/N-ethyl adjacent to an activating group) is 1. The Bertz CT molecular complexity index is 703. The number of hydrogen-bond donors (Lipinski definition) is 0. The summed E-state index contributed by atoms with van der Waals surface area (Å²) in [7, 11) is 1.81. The average molecular weight is 340 g/mol. The van der Waals surface area contributed by atoms with E-state index in [1.807, 2.05) is 55.6 Å². The summed E-state index contributed by atoms with van der Waals surface area (Å²) >= 11 is 1.70. The lowest BCUT2D eigenvalue weighted by molar-refractivity contribution is -0.119. The smallest absolute Gasteiger partial charge is 0.240 e. The summed E-state index contributed by atoms with van der Waals surface area (Å²) in [6, 6.07) is 17.6. The van der Waals surface area contributed by atoms with E-state index >= 15 is 0 Å². The van der Waals surface area contributed by atoms with Gasteiger partial charge >= 0.3 is 0 Å².